The molecule has 12 heteroatoms. The van der Waals surface area contributed by atoms with Gasteiger partial charge in [-0.1, -0.05) is 23.2 Å². The van der Waals surface area contributed by atoms with Crippen LogP contribution in [0.1, 0.15) is 16.8 Å². The maximum absolute atomic E-state index is 13.0. The lowest BCUT2D eigenvalue weighted by Crippen LogP contribution is -2.29. The third-order valence-corrected chi connectivity index (χ3v) is 7.37. The van der Waals surface area contributed by atoms with E-state index in [0.717, 1.165) is 16.8 Å². The van der Waals surface area contributed by atoms with E-state index in [2.05, 4.69) is 20.9 Å². The summed E-state index contributed by atoms with van der Waals surface area (Å²) in [6.45, 7) is 1.38. The number of aliphatic hydroxyl groups is 1. The monoisotopic (exact) mass is 509 g/mol. The smallest absolute Gasteiger partial charge is 0.266 e. The van der Waals surface area contributed by atoms with Crippen molar-refractivity contribution in [1.29, 1.82) is 0 Å². The fraction of sp³-hybridized carbons (Fsp3) is 0.250. The highest BCUT2D eigenvalue weighted by Crippen LogP contribution is 2.36. The molecule has 36 heavy (non-hydrogen) atoms. The quantitative estimate of drug-likeness (QED) is 0.343. The number of hydrogen-bond acceptors (Lipinski definition) is 9. The Morgan fingerprint density at radius 2 is 2.00 bits per heavy atom. The molecule has 3 heterocycles. The zero-order valence-corrected chi connectivity index (χ0v) is 20.3. The molecule has 0 bridgehead atoms. The average Bonchev–Trinajstić information content (AvgIpc) is 3.59. The third-order valence-electron chi connectivity index (χ3n) is 6.00. The highest BCUT2D eigenvalue weighted by Gasteiger charge is 2.28. The lowest BCUT2D eigenvalue weighted by molar-refractivity contribution is 0.0452. The fourth-order valence-corrected chi connectivity index (χ4v) is 5.43. The number of sulfonamides is 1. The molecule has 0 saturated carbocycles. The van der Waals surface area contributed by atoms with E-state index in [1.165, 1.54) is 20.3 Å². The standard InChI is InChI=1S/C24H23N5O6S/c1-4-22(30)28-13-16-11-25-29(17(16)14-28)12-15-9-19(34-3)23-20(10-15)35-26-24(23)27-36(31,32)21-8-6-5-7-18(21)33-2/h1,5-11,22,30H,12-14H2,2-3H3,(H,26,27). The first-order valence-corrected chi connectivity index (χ1v) is 12.4. The first-order valence-electron chi connectivity index (χ1n) is 10.9. The molecule has 186 valence electrons. The molecule has 2 aromatic heterocycles. The van der Waals surface area contributed by atoms with Gasteiger partial charge in [-0.25, -0.2) is 8.42 Å². The summed E-state index contributed by atoms with van der Waals surface area (Å²) in [6, 6.07) is 9.80. The van der Waals surface area contributed by atoms with Gasteiger partial charge in [-0.05, 0) is 29.8 Å². The van der Waals surface area contributed by atoms with Crippen molar-refractivity contribution in [3.05, 3.63) is 59.4 Å². The molecule has 0 amide bonds. The second-order valence-electron chi connectivity index (χ2n) is 8.18. The van der Waals surface area contributed by atoms with Gasteiger partial charge in [0.15, 0.2) is 17.6 Å². The summed E-state index contributed by atoms with van der Waals surface area (Å²) in [5.74, 6) is 2.91. The highest BCUT2D eigenvalue weighted by atomic mass is 32.2. The molecule has 0 aliphatic carbocycles. The first-order chi connectivity index (χ1) is 17.3. The van der Waals surface area contributed by atoms with E-state index in [4.69, 9.17) is 20.4 Å². The molecule has 0 fully saturated rings. The Morgan fingerprint density at radius 3 is 2.75 bits per heavy atom. The zero-order chi connectivity index (χ0) is 25.4. The second kappa shape index (κ2) is 9.19. The fourth-order valence-electron chi connectivity index (χ4n) is 4.25. The summed E-state index contributed by atoms with van der Waals surface area (Å²) in [4.78, 5) is 1.74. The summed E-state index contributed by atoms with van der Waals surface area (Å²) < 4.78 is 46.6. The van der Waals surface area contributed by atoms with Gasteiger partial charge in [0.1, 0.15) is 21.8 Å². The van der Waals surface area contributed by atoms with Crippen LogP contribution in [0.15, 0.2) is 52.0 Å². The van der Waals surface area contributed by atoms with Crippen molar-refractivity contribution in [2.75, 3.05) is 18.9 Å². The molecular weight excluding hydrogens is 486 g/mol. The lowest BCUT2D eigenvalue weighted by Gasteiger charge is -2.17. The molecule has 0 radical (unpaired) electrons. The number of ether oxygens (including phenoxy) is 2. The van der Waals surface area contributed by atoms with E-state index in [9.17, 15) is 13.5 Å². The number of anilines is 1. The highest BCUT2D eigenvalue weighted by molar-refractivity contribution is 7.92. The van der Waals surface area contributed by atoms with Crippen LogP contribution >= 0.6 is 0 Å². The van der Waals surface area contributed by atoms with Crippen molar-refractivity contribution < 1.29 is 27.5 Å². The molecule has 2 N–H and O–H groups in total. The first kappa shape index (κ1) is 23.7. The molecule has 1 aliphatic rings. The Kier molecular flexibility index (Phi) is 6.05. The summed E-state index contributed by atoms with van der Waals surface area (Å²) in [5.41, 5.74) is 3.09. The van der Waals surface area contributed by atoms with Crippen molar-refractivity contribution in [1.82, 2.24) is 19.8 Å². The van der Waals surface area contributed by atoms with Crippen LogP contribution in [0.4, 0.5) is 5.82 Å². The molecule has 1 unspecified atom stereocenters. The molecule has 2 aromatic carbocycles. The number of terminal acetylenes is 1. The molecule has 11 nitrogen and oxygen atoms in total. The number of nitrogens with one attached hydrogen (secondary N) is 1. The van der Waals surface area contributed by atoms with Gasteiger partial charge in [0.2, 0.25) is 0 Å². The predicted molar refractivity (Wildman–Crippen MR) is 130 cm³/mol. The Morgan fingerprint density at radius 1 is 1.22 bits per heavy atom. The normalized spacial score (nSPS) is 14.4. The number of nitrogens with zero attached hydrogens (tertiary/aromatic N) is 4. The zero-order valence-electron chi connectivity index (χ0n) is 19.5. The number of para-hydroxylation sites is 1. The second-order valence-corrected chi connectivity index (χ2v) is 9.83. The number of fused-ring (bicyclic) bond motifs is 2. The number of hydrogen-bond donors (Lipinski definition) is 2. The summed E-state index contributed by atoms with van der Waals surface area (Å²) >= 11 is 0. The Balaban J connectivity index is 1.45. The molecule has 0 spiro atoms. The number of methoxy groups -OCH3 is 2. The van der Waals surface area contributed by atoms with Gasteiger partial charge in [0.25, 0.3) is 10.0 Å². The number of rotatable bonds is 8. The average molecular weight is 510 g/mol. The van der Waals surface area contributed by atoms with E-state index in [-0.39, 0.29) is 16.5 Å². The van der Waals surface area contributed by atoms with E-state index in [1.807, 2.05) is 4.68 Å². The van der Waals surface area contributed by atoms with Gasteiger partial charge in [0, 0.05) is 18.7 Å². The van der Waals surface area contributed by atoms with Gasteiger partial charge in [-0.3, -0.25) is 14.3 Å². The minimum atomic E-state index is -4.02. The van der Waals surface area contributed by atoms with Gasteiger partial charge < -0.3 is 19.1 Å². The summed E-state index contributed by atoms with van der Waals surface area (Å²) in [5, 5.41) is 18.8. The van der Waals surface area contributed by atoms with Gasteiger partial charge in [-0.2, -0.15) is 5.10 Å². The maximum Gasteiger partial charge on any atom is 0.266 e. The van der Waals surface area contributed by atoms with Crippen LogP contribution < -0.4 is 14.2 Å². The summed E-state index contributed by atoms with van der Waals surface area (Å²) in [7, 11) is -1.14. The van der Waals surface area contributed by atoms with Crippen LogP contribution in [-0.2, 0) is 29.7 Å². The molecule has 5 rings (SSSR count). The van der Waals surface area contributed by atoms with Crippen LogP contribution in [0.25, 0.3) is 11.0 Å². The van der Waals surface area contributed by atoms with Gasteiger partial charge in [-0.15, -0.1) is 6.42 Å². The van der Waals surface area contributed by atoms with Crippen molar-refractivity contribution in [2.45, 2.75) is 30.8 Å². The van der Waals surface area contributed by atoms with Crippen molar-refractivity contribution in [3.8, 4) is 23.8 Å². The number of benzene rings is 2. The molecule has 1 atom stereocenters. The van der Waals surface area contributed by atoms with E-state index in [1.54, 1.807) is 41.4 Å². The molecular formula is C24H23N5O6S. The lowest BCUT2D eigenvalue weighted by atomic mass is 10.1. The topological polar surface area (TPSA) is 132 Å². The number of aromatic nitrogens is 3. The van der Waals surface area contributed by atoms with Crippen LogP contribution in [0, 0.1) is 12.3 Å². The largest absolute Gasteiger partial charge is 0.496 e. The van der Waals surface area contributed by atoms with Crippen LogP contribution in [0.3, 0.4) is 0 Å². The minimum absolute atomic E-state index is 0.00167. The molecule has 4 aromatic rings. The van der Waals surface area contributed by atoms with Crippen LogP contribution in [0.2, 0.25) is 0 Å². The van der Waals surface area contributed by atoms with Gasteiger partial charge in [0.05, 0.1) is 32.7 Å². The van der Waals surface area contributed by atoms with Crippen LogP contribution in [-0.4, -0.2) is 53.8 Å². The Bertz CT molecular complexity index is 1590. The van der Waals surface area contributed by atoms with Crippen molar-refractivity contribution >= 4 is 26.8 Å². The minimum Gasteiger partial charge on any atom is -0.496 e. The van der Waals surface area contributed by atoms with E-state index in [0.29, 0.717) is 36.4 Å². The molecule has 0 saturated heterocycles. The third kappa shape index (κ3) is 4.13. The van der Waals surface area contributed by atoms with Gasteiger partial charge >= 0.3 is 0 Å². The maximum atomic E-state index is 13.0. The predicted octanol–water partition coefficient (Wildman–Crippen LogP) is 2.16. The van der Waals surface area contributed by atoms with E-state index >= 15 is 0 Å². The Hall–Kier alpha value is -4.05. The van der Waals surface area contributed by atoms with Crippen LogP contribution in [0.5, 0.6) is 11.5 Å². The molecule has 1 aliphatic heterocycles. The van der Waals surface area contributed by atoms with Crippen molar-refractivity contribution in [2.24, 2.45) is 0 Å². The van der Waals surface area contributed by atoms with E-state index < -0.39 is 16.3 Å². The SMILES string of the molecule is C#CC(O)N1Cc2cnn(Cc3cc(OC)c4c(NS(=O)(=O)c5ccccc5OC)noc4c3)c2C1. The van der Waals surface area contributed by atoms with Crippen molar-refractivity contribution in [3.63, 3.8) is 0 Å². The summed E-state index contributed by atoms with van der Waals surface area (Å²) in [6.07, 6.45) is 6.14. The Labute approximate surface area is 207 Å². The number of aliphatic hydroxyl groups excluding tert-OH is 1.